The number of H-pyrrole nitrogens is 1. The number of carbonyl (C=O) groups is 1. The zero-order valence-corrected chi connectivity index (χ0v) is 10.6. The third-order valence-corrected chi connectivity index (χ3v) is 3.84. The lowest BCUT2D eigenvalue weighted by molar-refractivity contribution is -0.120. The lowest BCUT2D eigenvalue weighted by atomic mass is 10.1. The van der Waals surface area contributed by atoms with E-state index in [9.17, 15) is 9.90 Å². The monoisotopic (exact) mass is 259 g/mol. The van der Waals surface area contributed by atoms with E-state index in [1.807, 2.05) is 18.3 Å². The van der Waals surface area contributed by atoms with Crippen LogP contribution < -0.4 is 5.32 Å². The summed E-state index contributed by atoms with van der Waals surface area (Å²) in [6.07, 6.45) is 5.89. The molecule has 1 fully saturated rings. The van der Waals surface area contributed by atoms with E-state index in [2.05, 4.69) is 15.3 Å². The molecule has 3 N–H and O–H groups in total. The Morgan fingerprint density at radius 3 is 3.11 bits per heavy atom. The number of aliphatic hydroxyl groups excluding tert-OH is 1. The Labute approximate surface area is 111 Å². The molecular weight excluding hydrogens is 242 g/mol. The highest BCUT2D eigenvalue weighted by Gasteiger charge is 2.41. The summed E-state index contributed by atoms with van der Waals surface area (Å²) in [5, 5.41) is 13.1. The molecular formula is C14H17N3O2. The molecule has 2 aromatic rings. The normalized spacial score (nSPS) is 16.5. The predicted octanol–water partition coefficient (Wildman–Crippen LogP) is 0.994. The minimum Gasteiger partial charge on any atom is -0.396 e. The van der Waals surface area contributed by atoms with Crippen molar-refractivity contribution >= 4 is 16.9 Å². The van der Waals surface area contributed by atoms with Crippen LogP contribution in [-0.4, -0.2) is 34.1 Å². The van der Waals surface area contributed by atoms with Crippen molar-refractivity contribution in [3.63, 3.8) is 0 Å². The Balaban J connectivity index is 1.63. The number of aromatic nitrogens is 2. The molecule has 0 radical (unpaired) electrons. The van der Waals surface area contributed by atoms with Crippen LogP contribution in [-0.2, 0) is 11.2 Å². The smallest absolute Gasteiger partial charge is 0.224 e. The summed E-state index contributed by atoms with van der Waals surface area (Å²) in [5.41, 5.74) is 1.71. The van der Waals surface area contributed by atoms with Crippen molar-refractivity contribution in [3.05, 3.63) is 30.1 Å². The predicted molar refractivity (Wildman–Crippen MR) is 71.6 cm³/mol. The van der Waals surface area contributed by atoms with Crippen molar-refractivity contribution in [1.82, 2.24) is 15.3 Å². The molecule has 1 aliphatic rings. The first-order chi connectivity index (χ1) is 9.22. The Hall–Kier alpha value is -1.88. The van der Waals surface area contributed by atoms with Crippen LogP contribution >= 0.6 is 0 Å². The number of hydrogen-bond donors (Lipinski definition) is 3. The fourth-order valence-electron chi connectivity index (χ4n) is 2.25. The van der Waals surface area contributed by atoms with Gasteiger partial charge in [0.25, 0.3) is 0 Å². The van der Waals surface area contributed by atoms with Gasteiger partial charge in [-0.05, 0) is 30.5 Å². The quantitative estimate of drug-likeness (QED) is 0.749. The molecule has 5 nitrogen and oxygen atoms in total. The lowest BCUT2D eigenvalue weighted by Gasteiger charge is -2.12. The molecule has 2 aromatic heterocycles. The lowest BCUT2D eigenvalue weighted by Crippen LogP contribution is -2.32. The number of pyridine rings is 1. The van der Waals surface area contributed by atoms with Crippen LogP contribution in [0.5, 0.6) is 0 Å². The van der Waals surface area contributed by atoms with Gasteiger partial charge in [-0.15, -0.1) is 0 Å². The zero-order chi connectivity index (χ0) is 13.3. The molecule has 1 aliphatic carbocycles. The third kappa shape index (κ3) is 2.46. The summed E-state index contributed by atoms with van der Waals surface area (Å²) in [6, 6.07) is 3.82. The van der Waals surface area contributed by atoms with Gasteiger partial charge in [-0.1, -0.05) is 0 Å². The van der Waals surface area contributed by atoms with Crippen molar-refractivity contribution in [3.8, 4) is 0 Å². The van der Waals surface area contributed by atoms with Crippen LogP contribution in [0.4, 0.5) is 0 Å². The fraction of sp³-hybridized carbons (Fsp3) is 0.429. The molecule has 0 atom stereocenters. The molecule has 2 heterocycles. The number of rotatable bonds is 5. The van der Waals surface area contributed by atoms with Crippen molar-refractivity contribution in [1.29, 1.82) is 0 Å². The summed E-state index contributed by atoms with van der Waals surface area (Å²) in [5.74, 6) is -0.00974. The summed E-state index contributed by atoms with van der Waals surface area (Å²) in [4.78, 5) is 19.2. The number of nitrogens with one attached hydrogen (secondary N) is 2. The molecule has 0 bridgehead atoms. The van der Waals surface area contributed by atoms with Crippen LogP contribution in [0.3, 0.4) is 0 Å². The van der Waals surface area contributed by atoms with E-state index >= 15 is 0 Å². The van der Waals surface area contributed by atoms with Crippen LogP contribution in [0.15, 0.2) is 24.5 Å². The van der Waals surface area contributed by atoms with Gasteiger partial charge in [-0.25, -0.2) is 4.98 Å². The minimum atomic E-state index is -0.0442. The Kier molecular flexibility index (Phi) is 2.98. The summed E-state index contributed by atoms with van der Waals surface area (Å²) in [6.45, 7) is 0.729. The third-order valence-electron chi connectivity index (χ3n) is 3.84. The average Bonchev–Trinajstić information content (AvgIpc) is 3.13. The van der Waals surface area contributed by atoms with Crippen LogP contribution in [0.1, 0.15) is 18.4 Å². The van der Waals surface area contributed by atoms with Gasteiger partial charge in [0.05, 0.1) is 13.0 Å². The average molecular weight is 259 g/mol. The van der Waals surface area contributed by atoms with E-state index in [-0.39, 0.29) is 17.9 Å². The number of carbonyl (C=O) groups excluding carboxylic acids is 1. The number of aromatic amines is 1. The second-order valence-corrected chi connectivity index (χ2v) is 5.33. The largest absolute Gasteiger partial charge is 0.396 e. The van der Waals surface area contributed by atoms with Gasteiger partial charge in [0.15, 0.2) is 0 Å². The minimum absolute atomic E-state index is 0.00974. The van der Waals surface area contributed by atoms with Gasteiger partial charge < -0.3 is 15.4 Å². The van der Waals surface area contributed by atoms with E-state index in [1.165, 1.54) is 0 Å². The first kappa shape index (κ1) is 12.2. The van der Waals surface area contributed by atoms with Crippen molar-refractivity contribution in [2.45, 2.75) is 19.3 Å². The summed E-state index contributed by atoms with van der Waals surface area (Å²) >= 11 is 0. The first-order valence-electron chi connectivity index (χ1n) is 6.51. The highest BCUT2D eigenvalue weighted by Crippen LogP contribution is 2.44. The van der Waals surface area contributed by atoms with Crippen molar-refractivity contribution in [2.75, 3.05) is 13.2 Å². The van der Waals surface area contributed by atoms with E-state index in [1.54, 1.807) is 6.20 Å². The standard InChI is InChI=1S/C14H17N3O2/c18-9-14(3-4-14)8-17-12(19)6-10-7-16-13-11(10)2-1-5-15-13/h1-2,5,7,18H,3-4,6,8-9H2,(H,15,16)(H,17,19). The van der Waals surface area contributed by atoms with Crippen LogP contribution in [0.25, 0.3) is 11.0 Å². The zero-order valence-electron chi connectivity index (χ0n) is 10.6. The Bertz CT molecular complexity index is 602. The number of amides is 1. The molecule has 0 spiro atoms. The Morgan fingerprint density at radius 1 is 1.53 bits per heavy atom. The van der Waals surface area contributed by atoms with Crippen molar-refractivity contribution in [2.24, 2.45) is 5.41 Å². The molecule has 1 amide bonds. The molecule has 100 valence electrons. The van der Waals surface area contributed by atoms with Gasteiger partial charge in [0, 0.05) is 29.7 Å². The highest BCUT2D eigenvalue weighted by molar-refractivity contribution is 5.87. The molecule has 5 heteroatoms. The van der Waals surface area contributed by atoms with Crippen LogP contribution in [0, 0.1) is 5.41 Å². The molecule has 19 heavy (non-hydrogen) atoms. The SMILES string of the molecule is O=C(Cc1c[nH]c2ncccc12)NCC1(CO)CC1. The number of nitrogens with zero attached hydrogens (tertiary/aromatic N) is 1. The van der Waals surface area contributed by atoms with E-state index in [4.69, 9.17) is 0 Å². The highest BCUT2D eigenvalue weighted by atomic mass is 16.3. The summed E-state index contributed by atoms with van der Waals surface area (Å²) < 4.78 is 0. The maximum atomic E-state index is 11.9. The van der Waals surface area contributed by atoms with Crippen molar-refractivity contribution < 1.29 is 9.90 Å². The molecule has 3 rings (SSSR count). The first-order valence-corrected chi connectivity index (χ1v) is 6.51. The van der Waals surface area contributed by atoms with Gasteiger partial charge in [0.2, 0.25) is 5.91 Å². The second-order valence-electron chi connectivity index (χ2n) is 5.33. The molecule has 0 aliphatic heterocycles. The fourth-order valence-corrected chi connectivity index (χ4v) is 2.25. The molecule has 1 saturated carbocycles. The van der Waals surface area contributed by atoms with Gasteiger partial charge >= 0.3 is 0 Å². The number of aliphatic hydroxyl groups is 1. The van der Waals surface area contributed by atoms with E-state index in [0.29, 0.717) is 13.0 Å². The second kappa shape index (κ2) is 4.66. The topological polar surface area (TPSA) is 78.0 Å². The van der Waals surface area contributed by atoms with Gasteiger partial charge in [-0.3, -0.25) is 4.79 Å². The number of fused-ring (bicyclic) bond motifs is 1. The summed E-state index contributed by atoms with van der Waals surface area (Å²) in [7, 11) is 0. The van der Waals surface area contributed by atoms with Gasteiger partial charge in [0.1, 0.15) is 5.65 Å². The maximum absolute atomic E-state index is 11.9. The van der Waals surface area contributed by atoms with Crippen LogP contribution in [0.2, 0.25) is 0 Å². The van der Waals surface area contributed by atoms with E-state index < -0.39 is 0 Å². The number of hydrogen-bond acceptors (Lipinski definition) is 3. The molecule has 0 saturated heterocycles. The Morgan fingerprint density at radius 2 is 2.37 bits per heavy atom. The van der Waals surface area contributed by atoms with Gasteiger partial charge in [-0.2, -0.15) is 0 Å². The molecule has 0 unspecified atom stereocenters. The maximum Gasteiger partial charge on any atom is 0.224 e. The van der Waals surface area contributed by atoms with E-state index in [0.717, 1.165) is 29.4 Å². The molecule has 0 aromatic carbocycles.